The number of hydrogen-bond acceptors (Lipinski definition) is 4. The Balaban J connectivity index is 2.41. The first-order chi connectivity index (χ1) is 8.54. The van der Waals surface area contributed by atoms with Crippen LogP contribution in [0.3, 0.4) is 0 Å². The van der Waals surface area contributed by atoms with E-state index >= 15 is 0 Å². The van der Waals surface area contributed by atoms with Crippen LogP contribution >= 0.6 is 0 Å². The summed E-state index contributed by atoms with van der Waals surface area (Å²) >= 11 is 0. The molecule has 0 atom stereocenters. The van der Waals surface area contributed by atoms with Gasteiger partial charge in [-0.3, -0.25) is 0 Å². The van der Waals surface area contributed by atoms with Gasteiger partial charge in [-0.15, -0.1) is 0 Å². The summed E-state index contributed by atoms with van der Waals surface area (Å²) in [7, 11) is -1.61. The normalized spacial score (nSPS) is 19.9. The lowest BCUT2D eigenvalue weighted by molar-refractivity contribution is 0.198. The second-order valence-electron chi connectivity index (χ2n) is 5.25. The smallest absolute Gasteiger partial charge is 0.211 e. The van der Waals surface area contributed by atoms with Crippen LogP contribution in [0, 0.1) is 5.41 Å². The first-order valence-electron chi connectivity index (χ1n) is 6.70. The number of sulfonamides is 1. The molecule has 3 N–H and O–H groups in total. The van der Waals surface area contributed by atoms with Gasteiger partial charge in [-0.2, -0.15) is 0 Å². The van der Waals surface area contributed by atoms with Crippen LogP contribution in [-0.2, 0) is 14.8 Å². The maximum Gasteiger partial charge on any atom is 0.211 e. The number of methoxy groups -OCH3 is 1. The van der Waals surface area contributed by atoms with Gasteiger partial charge >= 0.3 is 0 Å². The summed E-state index contributed by atoms with van der Waals surface area (Å²) in [6.07, 6.45) is 6.14. The molecule has 1 rings (SSSR count). The highest BCUT2D eigenvalue weighted by molar-refractivity contribution is 7.89. The Bertz CT molecular complexity index is 324. The van der Waals surface area contributed by atoms with E-state index in [4.69, 9.17) is 10.5 Å². The molecular weight excluding hydrogens is 252 g/mol. The van der Waals surface area contributed by atoms with Crippen molar-refractivity contribution in [1.29, 1.82) is 0 Å². The fraction of sp³-hybridized carbons (Fsp3) is 1.00. The molecule has 0 amide bonds. The third-order valence-corrected chi connectivity index (χ3v) is 5.19. The van der Waals surface area contributed by atoms with Gasteiger partial charge in [0.2, 0.25) is 10.0 Å². The quantitative estimate of drug-likeness (QED) is 0.645. The average molecular weight is 278 g/mol. The van der Waals surface area contributed by atoms with Crippen molar-refractivity contribution < 1.29 is 13.2 Å². The van der Waals surface area contributed by atoms with Crippen molar-refractivity contribution >= 4 is 10.0 Å². The van der Waals surface area contributed by atoms with E-state index in [-0.39, 0.29) is 11.2 Å². The van der Waals surface area contributed by atoms with Crippen LogP contribution < -0.4 is 10.5 Å². The summed E-state index contributed by atoms with van der Waals surface area (Å²) in [5.74, 6) is 0.126. The minimum absolute atomic E-state index is 0.0213. The predicted octanol–water partition coefficient (Wildman–Crippen LogP) is 0.852. The zero-order valence-corrected chi connectivity index (χ0v) is 12.1. The summed E-state index contributed by atoms with van der Waals surface area (Å²) in [6, 6.07) is 0. The Kier molecular flexibility index (Phi) is 6.55. The fourth-order valence-electron chi connectivity index (χ4n) is 2.48. The van der Waals surface area contributed by atoms with E-state index in [0.717, 1.165) is 25.7 Å². The van der Waals surface area contributed by atoms with Crippen LogP contribution in [0.5, 0.6) is 0 Å². The van der Waals surface area contributed by atoms with E-state index in [0.29, 0.717) is 26.1 Å². The third-order valence-electron chi connectivity index (χ3n) is 3.78. The molecule has 1 aliphatic carbocycles. The molecule has 108 valence electrons. The van der Waals surface area contributed by atoms with Gasteiger partial charge in [0, 0.05) is 20.3 Å². The fourth-order valence-corrected chi connectivity index (χ4v) is 3.65. The van der Waals surface area contributed by atoms with Crippen molar-refractivity contribution in [2.45, 2.75) is 38.5 Å². The van der Waals surface area contributed by atoms with Crippen molar-refractivity contribution in [1.82, 2.24) is 4.72 Å². The van der Waals surface area contributed by atoms with Gasteiger partial charge in [-0.05, 0) is 31.2 Å². The topological polar surface area (TPSA) is 81.4 Å². The monoisotopic (exact) mass is 278 g/mol. The second-order valence-corrected chi connectivity index (χ2v) is 7.18. The molecule has 1 aliphatic rings. The molecule has 1 saturated carbocycles. The number of nitrogens with two attached hydrogens (primary N) is 1. The molecule has 1 fully saturated rings. The van der Waals surface area contributed by atoms with E-state index in [1.165, 1.54) is 6.42 Å². The Morgan fingerprint density at radius 2 is 1.94 bits per heavy atom. The predicted molar refractivity (Wildman–Crippen MR) is 72.9 cm³/mol. The molecule has 18 heavy (non-hydrogen) atoms. The minimum Gasteiger partial charge on any atom is -0.385 e. The molecule has 0 spiro atoms. The van der Waals surface area contributed by atoms with Crippen LogP contribution in [0.15, 0.2) is 0 Å². The van der Waals surface area contributed by atoms with Crippen molar-refractivity contribution in [2.24, 2.45) is 11.1 Å². The SMILES string of the molecule is COCCCS(=O)(=O)NCC1(CN)CCCCC1. The van der Waals surface area contributed by atoms with E-state index in [9.17, 15) is 8.42 Å². The van der Waals surface area contributed by atoms with E-state index in [1.807, 2.05) is 0 Å². The highest BCUT2D eigenvalue weighted by atomic mass is 32.2. The van der Waals surface area contributed by atoms with Crippen molar-refractivity contribution in [3.63, 3.8) is 0 Å². The van der Waals surface area contributed by atoms with Gasteiger partial charge in [-0.25, -0.2) is 13.1 Å². The Hall–Kier alpha value is -0.170. The van der Waals surface area contributed by atoms with Crippen molar-refractivity contribution in [3.05, 3.63) is 0 Å². The number of rotatable bonds is 8. The third kappa shape index (κ3) is 5.22. The molecule has 0 heterocycles. The summed E-state index contributed by atoms with van der Waals surface area (Å²) in [6.45, 7) is 1.52. The molecule has 0 unspecified atom stereocenters. The van der Waals surface area contributed by atoms with E-state index in [1.54, 1.807) is 7.11 Å². The molecule has 0 aliphatic heterocycles. The lowest BCUT2D eigenvalue weighted by Crippen LogP contribution is -2.44. The minimum atomic E-state index is -3.19. The maximum atomic E-state index is 11.8. The Morgan fingerprint density at radius 3 is 2.50 bits per heavy atom. The van der Waals surface area contributed by atoms with Crippen LogP contribution in [-0.4, -0.2) is 41.0 Å². The first-order valence-corrected chi connectivity index (χ1v) is 8.35. The molecule has 0 aromatic heterocycles. The van der Waals surface area contributed by atoms with Crippen LogP contribution in [0.25, 0.3) is 0 Å². The second kappa shape index (κ2) is 7.43. The molecule has 0 aromatic carbocycles. The van der Waals surface area contributed by atoms with Gasteiger partial charge in [-0.1, -0.05) is 19.3 Å². The number of hydrogen-bond donors (Lipinski definition) is 2. The summed E-state index contributed by atoms with van der Waals surface area (Å²) < 4.78 is 31.2. The van der Waals surface area contributed by atoms with Crippen LogP contribution in [0.2, 0.25) is 0 Å². The van der Waals surface area contributed by atoms with E-state index in [2.05, 4.69) is 4.72 Å². The van der Waals surface area contributed by atoms with Gasteiger partial charge in [0.05, 0.1) is 5.75 Å². The molecule has 6 heteroatoms. The average Bonchev–Trinajstić information content (AvgIpc) is 2.38. The van der Waals surface area contributed by atoms with Gasteiger partial charge in [0.1, 0.15) is 0 Å². The zero-order valence-electron chi connectivity index (χ0n) is 11.3. The lowest BCUT2D eigenvalue weighted by Gasteiger charge is -2.36. The molecular formula is C12H26N2O3S. The molecule has 0 radical (unpaired) electrons. The van der Waals surface area contributed by atoms with Crippen molar-refractivity contribution in [2.75, 3.05) is 32.6 Å². The molecule has 0 saturated heterocycles. The standard InChI is InChI=1S/C12H26N2O3S/c1-17-8-5-9-18(15,16)14-11-12(10-13)6-3-2-4-7-12/h14H,2-11,13H2,1H3. The molecule has 5 nitrogen and oxygen atoms in total. The molecule has 0 bridgehead atoms. The zero-order chi connectivity index (χ0) is 13.5. The van der Waals surface area contributed by atoms with Crippen LogP contribution in [0.4, 0.5) is 0 Å². The van der Waals surface area contributed by atoms with E-state index < -0.39 is 10.0 Å². The highest BCUT2D eigenvalue weighted by Gasteiger charge is 2.31. The van der Waals surface area contributed by atoms with Gasteiger partial charge in [0.25, 0.3) is 0 Å². The Morgan fingerprint density at radius 1 is 1.28 bits per heavy atom. The summed E-state index contributed by atoms with van der Waals surface area (Å²) in [5, 5.41) is 0. The summed E-state index contributed by atoms with van der Waals surface area (Å²) in [4.78, 5) is 0. The largest absolute Gasteiger partial charge is 0.385 e. The Labute approximate surface area is 111 Å². The highest BCUT2D eigenvalue weighted by Crippen LogP contribution is 2.34. The van der Waals surface area contributed by atoms with Gasteiger partial charge in [0.15, 0.2) is 0 Å². The first kappa shape index (κ1) is 15.9. The summed E-state index contributed by atoms with van der Waals surface area (Å²) in [5.41, 5.74) is 5.81. The number of ether oxygens (including phenoxy) is 1. The molecule has 0 aromatic rings. The maximum absolute atomic E-state index is 11.8. The van der Waals surface area contributed by atoms with Crippen LogP contribution in [0.1, 0.15) is 38.5 Å². The van der Waals surface area contributed by atoms with Gasteiger partial charge < -0.3 is 10.5 Å². The number of nitrogens with one attached hydrogen (secondary N) is 1. The lowest BCUT2D eigenvalue weighted by atomic mass is 9.74. The van der Waals surface area contributed by atoms with Crippen molar-refractivity contribution in [3.8, 4) is 0 Å².